The molecule has 2 heteroatoms. The topological polar surface area (TPSA) is 0 Å². The molecular formula is C13H22F2. The fourth-order valence-electron chi connectivity index (χ4n) is 1.16. The Labute approximate surface area is 92.3 Å². The van der Waals surface area contributed by atoms with E-state index in [2.05, 4.69) is 38.1 Å². The third-order valence-electron chi connectivity index (χ3n) is 1.62. The summed E-state index contributed by atoms with van der Waals surface area (Å²) in [4.78, 5) is 0. The van der Waals surface area contributed by atoms with Gasteiger partial charge in [0.25, 0.3) is 0 Å². The van der Waals surface area contributed by atoms with Crippen LogP contribution in [0.15, 0.2) is 24.3 Å². The number of benzene rings is 1. The number of hydrogen-bond donors (Lipinski definition) is 0. The van der Waals surface area contributed by atoms with E-state index in [1.54, 1.807) is 0 Å². The van der Waals surface area contributed by atoms with Crippen LogP contribution >= 0.6 is 0 Å². The molecule has 0 atom stereocenters. The Kier molecular flexibility index (Phi) is 14.4. The van der Waals surface area contributed by atoms with Crippen LogP contribution in [0.3, 0.4) is 0 Å². The maximum Gasteiger partial charge on any atom is 0.0866 e. The minimum Gasteiger partial charge on any atom is -0.255 e. The van der Waals surface area contributed by atoms with E-state index in [0.29, 0.717) is 7.18 Å². The van der Waals surface area contributed by atoms with E-state index < -0.39 is 0 Å². The summed E-state index contributed by atoms with van der Waals surface area (Å²) in [5.41, 5.74) is 2.83. The summed E-state index contributed by atoms with van der Waals surface area (Å²) in [5.74, 6) is 0. The number of aryl methyl sites for hydroxylation is 2. The van der Waals surface area contributed by atoms with Gasteiger partial charge in [0.15, 0.2) is 0 Å². The minimum absolute atomic E-state index is 0.250. The molecule has 0 unspecified atom stereocenters. The predicted molar refractivity (Wildman–Crippen MR) is 63.9 cm³/mol. The molecule has 1 aromatic carbocycles. The second kappa shape index (κ2) is 13.1. The van der Waals surface area contributed by atoms with Crippen LogP contribution in [0, 0.1) is 6.92 Å². The lowest BCUT2D eigenvalue weighted by atomic mass is 10.1. The summed E-state index contributed by atoms with van der Waals surface area (Å²) in [6, 6.07) is 8.71. The Morgan fingerprint density at radius 2 is 1.67 bits per heavy atom. The zero-order valence-electron chi connectivity index (χ0n) is 10.2. The average molecular weight is 216 g/mol. The predicted octanol–water partition coefficient (Wildman–Crippen LogP) is 4.51. The Morgan fingerprint density at radius 3 is 2.07 bits per heavy atom. The maximum absolute atomic E-state index is 10.3. The number of halogens is 2. The van der Waals surface area contributed by atoms with Gasteiger partial charge in [-0.2, -0.15) is 0 Å². The summed E-state index contributed by atoms with van der Waals surface area (Å²) >= 11 is 0. The Hall–Kier alpha value is -0.920. The molecule has 0 aliphatic rings. The molecule has 0 saturated heterocycles. The third-order valence-corrected chi connectivity index (χ3v) is 1.62. The van der Waals surface area contributed by atoms with Crippen LogP contribution < -0.4 is 0 Å². The summed E-state index contributed by atoms with van der Waals surface area (Å²) in [7, 11) is 0.500. The molecule has 1 rings (SSSR count). The Morgan fingerprint density at radius 1 is 1.13 bits per heavy atom. The average Bonchev–Trinajstić information content (AvgIpc) is 2.22. The fraction of sp³-hybridized carbons (Fsp3) is 0.538. The second-order valence-electron chi connectivity index (χ2n) is 3.01. The molecule has 1 aromatic rings. The normalized spacial score (nSPS) is 8.13. The van der Waals surface area contributed by atoms with Crippen molar-refractivity contribution in [2.24, 2.45) is 0 Å². The van der Waals surface area contributed by atoms with Gasteiger partial charge in [-0.15, -0.1) is 0 Å². The lowest BCUT2D eigenvalue weighted by Gasteiger charge is -1.97. The largest absolute Gasteiger partial charge is 0.255 e. The van der Waals surface area contributed by atoms with Crippen molar-refractivity contribution in [2.45, 2.75) is 33.6 Å². The van der Waals surface area contributed by atoms with Crippen molar-refractivity contribution >= 4 is 0 Å². The van der Waals surface area contributed by atoms with Crippen LogP contribution in [0.4, 0.5) is 8.78 Å². The van der Waals surface area contributed by atoms with Gasteiger partial charge in [0.1, 0.15) is 0 Å². The van der Waals surface area contributed by atoms with E-state index in [0.717, 1.165) is 0 Å². The van der Waals surface area contributed by atoms with Crippen LogP contribution in [-0.4, -0.2) is 13.9 Å². The standard InChI is InChI=1S/C10H14.C2H5F.CH3F/c1-3-5-10-7-4-6-9(2)8-10;1-2-3;1-2/h4,6-8H,3,5H2,1-2H3;2H2,1H3;1H3. The molecule has 0 amide bonds. The number of hydrogen-bond acceptors (Lipinski definition) is 0. The number of alkyl halides is 2. The maximum atomic E-state index is 10.3. The molecule has 88 valence electrons. The van der Waals surface area contributed by atoms with Crippen molar-refractivity contribution in [3.63, 3.8) is 0 Å². The van der Waals surface area contributed by atoms with Crippen LogP contribution in [0.2, 0.25) is 0 Å². The quantitative estimate of drug-likeness (QED) is 0.682. The van der Waals surface area contributed by atoms with Crippen LogP contribution in [0.1, 0.15) is 31.4 Å². The molecule has 0 spiro atoms. The van der Waals surface area contributed by atoms with E-state index in [4.69, 9.17) is 0 Å². The molecule has 0 aliphatic heterocycles. The molecule has 0 radical (unpaired) electrons. The van der Waals surface area contributed by atoms with Gasteiger partial charge < -0.3 is 0 Å². The Bertz CT molecular complexity index is 222. The van der Waals surface area contributed by atoms with Gasteiger partial charge in [-0.1, -0.05) is 43.2 Å². The first-order valence-corrected chi connectivity index (χ1v) is 5.23. The smallest absolute Gasteiger partial charge is 0.0866 e. The van der Waals surface area contributed by atoms with Gasteiger partial charge in [0.2, 0.25) is 0 Å². The van der Waals surface area contributed by atoms with Crippen molar-refractivity contribution in [3.05, 3.63) is 35.4 Å². The minimum atomic E-state index is -0.250. The second-order valence-corrected chi connectivity index (χ2v) is 3.01. The van der Waals surface area contributed by atoms with Gasteiger partial charge >= 0.3 is 0 Å². The summed E-state index contributed by atoms with van der Waals surface area (Å²) in [5, 5.41) is 0. The third kappa shape index (κ3) is 11.0. The van der Waals surface area contributed by atoms with Gasteiger partial charge in [0.05, 0.1) is 13.9 Å². The lowest BCUT2D eigenvalue weighted by molar-refractivity contribution is 0.527. The van der Waals surface area contributed by atoms with Gasteiger partial charge in [-0.05, 0) is 25.8 Å². The zero-order chi connectivity index (χ0) is 12.1. The molecule has 0 fully saturated rings. The van der Waals surface area contributed by atoms with Crippen LogP contribution in [-0.2, 0) is 6.42 Å². The Balaban J connectivity index is 0. The van der Waals surface area contributed by atoms with E-state index in [1.807, 2.05) is 0 Å². The highest BCUT2D eigenvalue weighted by molar-refractivity contribution is 5.21. The van der Waals surface area contributed by atoms with E-state index in [-0.39, 0.29) is 6.67 Å². The SMILES string of the molecule is CCCc1cccc(C)c1.CCF.CF. The van der Waals surface area contributed by atoms with E-state index in [1.165, 1.54) is 30.9 Å². The summed E-state index contributed by atoms with van der Waals surface area (Å²) in [6.07, 6.45) is 2.45. The summed E-state index contributed by atoms with van der Waals surface area (Å²) in [6.45, 7) is 5.56. The lowest BCUT2D eigenvalue weighted by Crippen LogP contribution is -1.82. The molecule has 0 nitrogen and oxygen atoms in total. The first-order valence-electron chi connectivity index (χ1n) is 5.23. The highest BCUT2D eigenvalue weighted by Crippen LogP contribution is 2.05. The first-order chi connectivity index (χ1) is 7.24. The zero-order valence-corrected chi connectivity index (χ0v) is 10.2. The van der Waals surface area contributed by atoms with E-state index in [9.17, 15) is 8.78 Å². The molecule has 0 heterocycles. The molecule has 0 aromatic heterocycles. The van der Waals surface area contributed by atoms with Crippen molar-refractivity contribution in [1.29, 1.82) is 0 Å². The highest BCUT2D eigenvalue weighted by Gasteiger charge is 1.88. The summed E-state index contributed by atoms with van der Waals surface area (Å²) < 4.78 is 19.8. The highest BCUT2D eigenvalue weighted by atomic mass is 19.1. The van der Waals surface area contributed by atoms with Crippen molar-refractivity contribution < 1.29 is 8.78 Å². The van der Waals surface area contributed by atoms with Crippen LogP contribution in [0.25, 0.3) is 0 Å². The number of rotatable bonds is 2. The molecule has 0 bridgehead atoms. The van der Waals surface area contributed by atoms with Gasteiger partial charge in [-0.25, -0.2) is 0 Å². The van der Waals surface area contributed by atoms with Crippen molar-refractivity contribution in [1.82, 2.24) is 0 Å². The van der Waals surface area contributed by atoms with Gasteiger partial charge in [-0.3, -0.25) is 8.78 Å². The van der Waals surface area contributed by atoms with Crippen molar-refractivity contribution in [3.8, 4) is 0 Å². The van der Waals surface area contributed by atoms with Crippen molar-refractivity contribution in [2.75, 3.05) is 13.9 Å². The fourth-order valence-corrected chi connectivity index (χ4v) is 1.16. The van der Waals surface area contributed by atoms with Crippen LogP contribution in [0.5, 0.6) is 0 Å². The van der Waals surface area contributed by atoms with Gasteiger partial charge in [0, 0.05) is 0 Å². The molecule has 15 heavy (non-hydrogen) atoms. The molecular weight excluding hydrogens is 194 g/mol. The molecule has 0 aliphatic carbocycles. The van der Waals surface area contributed by atoms with E-state index >= 15 is 0 Å². The molecule has 0 saturated carbocycles. The monoisotopic (exact) mass is 216 g/mol. The molecule has 0 N–H and O–H groups in total. The first kappa shape index (κ1) is 16.5.